The molecule has 240 valence electrons. The number of rotatable bonds is 16. The Morgan fingerprint density at radius 2 is 1.69 bits per heavy atom. The molecule has 0 spiro atoms. The smallest absolute Gasteiger partial charge is 0.333 e. The zero-order chi connectivity index (χ0) is 31.4. The molecule has 1 fully saturated rings. The number of aromatic amines is 1. The van der Waals surface area contributed by atoms with E-state index in [0.717, 1.165) is 0 Å². The molecule has 2 aliphatic rings. The number of H-pyrrole nitrogens is 1. The molecule has 0 radical (unpaired) electrons. The van der Waals surface area contributed by atoms with Gasteiger partial charge < -0.3 is 34.3 Å². The van der Waals surface area contributed by atoms with Crippen molar-refractivity contribution >= 4 is 23.4 Å². The summed E-state index contributed by atoms with van der Waals surface area (Å²) < 4.78 is 26.9. The first kappa shape index (κ1) is 32.1. The van der Waals surface area contributed by atoms with E-state index >= 15 is 0 Å². The number of urea groups is 1. The Morgan fingerprint density at radius 3 is 2.44 bits per heavy atom. The quantitative estimate of drug-likeness (QED) is 0.136. The van der Waals surface area contributed by atoms with E-state index in [2.05, 4.69) is 26.3 Å². The van der Waals surface area contributed by atoms with Gasteiger partial charge in [-0.15, -0.1) is 0 Å². The third-order valence-electron chi connectivity index (χ3n) is 7.09. The van der Waals surface area contributed by atoms with E-state index in [-0.39, 0.29) is 18.3 Å². The molecule has 2 heterocycles. The third kappa shape index (κ3) is 8.44. The van der Waals surface area contributed by atoms with Crippen molar-refractivity contribution in [1.82, 2.24) is 25.9 Å². The summed E-state index contributed by atoms with van der Waals surface area (Å²) in [5.74, 6) is -0.0119. The predicted molar refractivity (Wildman–Crippen MR) is 164 cm³/mol. The molecule has 3 aromatic rings. The normalized spacial score (nSPS) is 14.1. The van der Waals surface area contributed by atoms with Crippen LogP contribution >= 0.6 is 0 Å². The van der Waals surface area contributed by atoms with Gasteiger partial charge in [-0.05, 0) is 37.3 Å². The van der Waals surface area contributed by atoms with Crippen LogP contribution in [0.25, 0.3) is 22.5 Å². The SMILES string of the molecule is CCOCCOCCOCCNC(=O)COc1ccc(-c2n[nH]c3c2C(=O)c2c(NC(=O)NN4CCOCC4)cccc2-3)cc1. The van der Waals surface area contributed by atoms with Crippen LogP contribution in [0.2, 0.25) is 0 Å². The number of fused-ring (bicyclic) bond motifs is 3. The summed E-state index contributed by atoms with van der Waals surface area (Å²) in [6.07, 6.45) is 0. The molecular formula is C31H38N6O8. The molecule has 5 rings (SSSR count). The fourth-order valence-electron chi connectivity index (χ4n) is 4.93. The molecule has 45 heavy (non-hydrogen) atoms. The maximum Gasteiger partial charge on any atom is 0.333 e. The maximum absolute atomic E-state index is 13.6. The van der Waals surface area contributed by atoms with E-state index in [0.29, 0.717) is 118 Å². The minimum absolute atomic E-state index is 0.152. The Morgan fingerprint density at radius 1 is 0.956 bits per heavy atom. The van der Waals surface area contributed by atoms with Crippen molar-refractivity contribution in [2.75, 3.05) is 84.4 Å². The number of hydrogen-bond acceptors (Lipinski definition) is 10. The molecule has 0 unspecified atom stereocenters. The van der Waals surface area contributed by atoms with Crippen molar-refractivity contribution in [1.29, 1.82) is 0 Å². The van der Waals surface area contributed by atoms with Gasteiger partial charge in [-0.1, -0.05) is 12.1 Å². The largest absolute Gasteiger partial charge is 0.484 e. The van der Waals surface area contributed by atoms with Crippen LogP contribution < -0.4 is 20.8 Å². The molecule has 14 nitrogen and oxygen atoms in total. The van der Waals surface area contributed by atoms with Crippen LogP contribution in [-0.4, -0.2) is 112 Å². The number of carbonyl (C=O) groups is 3. The van der Waals surface area contributed by atoms with Gasteiger partial charge in [0.25, 0.3) is 5.91 Å². The van der Waals surface area contributed by atoms with E-state index in [4.69, 9.17) is 23.7 Å². The number of hydrogen-bond donors (Lipinski definition) is 4. The highest BCUT2D eigenvalue weighted by molar-refractivity contribution is 6.26. The average Bonchev–Trinajstić information content (AvgIpc) is 3.61. The highest BCUT2D eigenvalue weighted by atomic mass is 16.5. The summed E-state index contributed by atoms with van der Waals surface area (Å²) in [4.78, 5) is 38.5. The summed E-state index contributed by atoms with van der Waals surface area (Å²) in [7, 11) is 0. The van der Waals surface area contributed by atoms with Gasteiger partial charge in [0.15, 0.2) is 12.4 Å². The van der Waals surface area contributed by atoms with Crippen LogP contribution in [0.15, 0.2) is 42.5 Å². The average molecular weight is 623 g/mol. The first-order valence-corrected chi connectivity index (χ1v) is 14.9. The summed E-state index contributed by atoms with van der Waals surface area (Å²) >= 11 is 0. The van der Waals surface area contributed by atoms with Gasteiger partial charge in [-0.25, -0.2) is 9.80 Å². The molecule has 3 amide bonds. The Labute approximate surface area is 260 Å². The van der Waals surface area contributed by atoms with Crippen LogP contribution in [0, 0.1) is 0 Å². The highest BCUT2D eigenvalue weighted by Gasteiger charge is 2.35. The van der Waals surface area contributed by atoms with Crippen molar-refractivity contribution < 1.29 is 38.1 Å². The van der Waals surface area contributed by atoms with Gasteiger partial charge in [-0.2, -0.15) is 5.10 Å². The van der Waals surface area contributed by atoms with Crippen LogP contribution in [-0.2, 0) is 23.7 Å². The number of anilines is 1. The minimum atomic E-state index is -0.431. The van der Waals surface area contributed by atoms with Gasteiger partial charge in [0, 0.05) is 37.4 Å². The Bertz CT molecular complexity index is 1450. The lowest BCUT2D eigenvalue weighted by Crippen LogP contribution is -2.49. The number of benzene rings is 2. The van der Waals surface area contributed by atoms with Crippen molar-refractivity contribution in [3.63, 3.8) is 0 Å². The number of hydrazine groups is 1. The van der Waals surface area contributed by atoms with Gasteiger partial charge >= 0.3 is 6.03 Å². The summed E-state index contributed by atoms with van der Waals surface area (Å²) in [5.41, 5.74) is 6.49. The van der Waals surface area contributed by atoms with E-state index in [9.17, 15) is 14.4 Å². The highest BCUT2D eigenvalue weighted by Crippen LogP contribution is 2.43. The van der Waals surface area contributed by atoms with E-state index in [1.165, 1.54) is 0 Å². The first-order valence-electron chi connectivity index (χ1n) is 14.9. The summed E-state index contributed by atoms with van der Waals surface area (Å²) in [6.45, 7) is 7.40. The van der Waals surface area contributed by atoms with Crippen LogP contribution in [0.1, 0.15) is 22.8 Å². The van der Waals surface area contributed by atoms with Crippen LogP contribution in [0.4, 0.5) is 10.5 Å². The second-order valence-corrected chi connectivity index (χ2v) is 10.1. The lowest BCUT2D eigenvalue weighted by molar-refractivity contribution is -0.123. The first-order chi connectivity index (χ1) is 22.0. The van der Waals surface area contributed by atoms with Gasteiger partial charge in [0.2, 0.25) is 0 Å². The molecule has 2 aromatic carbocycles. The number of morpholine rings is 1. The molecule has 1 aliphatic heterocycles. The maximum atomic E-state index is 13.6. The van der Waals surface area contributed by atoms with Gasteiger partial charge in [0.1, 0.15) is 11.4 Å². The molecular weight excluding hydrogens is 584 g/mol. The van der Waals surface area contributed by atoms with Crippen molar-refractivity contribution in [2.24, 2.45) is 0 Å². The predicted octanol–water partition coefficient (Wildman–Crippen LogP) is 2.22. The van der Waals surface area contributed by atoms with Crippen molar-refractivity contribution in [3.8, 4) is 28.3 Å². The molecule has 0 atom stereocenters. The number of amides is 3. The second-order valence-electron chi connectivity index (χ2n) is 10.1. The number of nitrogens with zero attached hydrogens (tertiary/aromatic N) is 2. The van der Waals surface area contributed by atoms with Crippen LogP contribution in [0.3, 0.4) is 0 Å². The molecule has 1 aliphatic carbocycles. The van der Waals surface area contributed by atoms with Crippen LogP contribution in [0.5, 0.6) is 5.75 Å². The molecule has 4 N–H and O–H groups in total. The number of aromatic nitrogens is 2. The Hall–Kier alpha value is -4.34. The lowest BCUT2D eigenvalue weighted by atomic mass is 10.0. The zero-order valence-electron chi connectivity index (χ0n) is 25.2. The Balaban J connectivity index is 1.10. The number of ether oxygens (including phenoxy) is 5. The fourth-order valence-corrected chi connectivity index (χ4v) is 4.93. The van der Waals surface area contributed by atoms with E-state index in [1.54, 1.807) is 41.4 Å². The fraction of sp³-hybridized carbons (Fsp3) is 0.419. The monoisotopic (exact) mass is 622 g/mol. The van der Waals surface area contributed by atoms with Gasteiger partial charge in [0.05, 0.1) is 68.8 Å². The second kappa shape index (κ2) is 16.1. The number of carbonyl (C=O) groups excluding carboxylic acids is 3. The topological polar surface area (TPSA) is 165 Å². The Kier molecular flexibility index (Phi) is 11.5. The number of ketones is 1. The van der Waals surface area contributed by atoms with Crippen molar-refractivity contribution in [3.05, 3.63) is 53.6 Å². The van der Waals surface area contributed by atoms with Gasteiger partial charge in [-0.3, -0.25) is 20.1 Å². The molecule has 0 bridgehead atoms. The van der Waals surface area contributed by atoms with E-state index < -0.39 is 6.03 Å². The lowest BCUT2D eigenvalue weighted by Gasteiger charge is -2.27. The minimum Gasteiger partial charge on any atom is -0.484 e. The summed E-state index contributed by atoms with van der Waals surface area (Å²) in [5, 5.41) is 14.7. The third-order valence-corrected chi connectivity index (χ3v) is 7.09. The zero-order valence-corrected chi connectivity index (χ0v) is 25.2. The molecule has 0 saturated carbocycles. The molecule has 14 heteroatoms. The molecule has 1 saturated heterocycles. The standard InChI is InChI=1S/C31H38N6O8/c1-2-41-16-17-44-19-18-42-13-10-32-25(38)20-45-22-8-6-21(7-9-22)28-27-29(35-34-28)23-4-3-5-24(26(23)30(27)39)33-31(40)36-37-11-14-43-15-12-37/h3-9H,2,10-20H2,1H3,(H,32,38)(H,34,35)(H2,33,36,40). The summed E-state index contributed by atoms with van der Waals surface area (Å²) in [6, 6.07) is 11.9. The molecule has 1 aromatic heterocycles. The number of nitrogens with one attached hydrogen (secondary N) is 4. The van der Waals surface area contributed by atoms with E-state index in [1.807, 2.05) is 13.0 Å². The van der Waals surface area contributed by atoms with Crippen molar-refractivity contribution in [2.45, 2.75) is 6.92 Å².